The summed E-state index contributed by atoms with van der Waals surface area (Å²) >= 11 is 0. The number of nitrogen functional groups attached to an aromatic ring is 1. The lowest BCUT2D eigenvalue weighted by Gasteiger charge is -2.38. The summed E-state index contributed by atoms with van der Waals surface area (Å²) in [6.07, 6.45) is 0.163. The molecule has 0 bridgehead atoms. The van der Waals surface area contributed by atoms with Gasteiger partial charge in [0, 0.05) is 37.3 Å². The molecule has 1 heterocycles. The van der Waals surface area contributed by atoms with Crippen molar-refractivity contribution < 1.29 is 24.3 Å². The van der Waals surface area contributed by atoms with Crippen molar-refractivity contribution in [2.75, 3.05) is 26.2 Å². The van der Waals surface area contributed by atoms with E-state index in [4.69, 9.17) is 11.1 Å². The highest BCUT2D eigenvalue weighted by molar-refractivity contribution is 6.35. The normalized spacial score (nSPS) is 14.6. The van der Waals surface area contributed by atoms with Crippen molar-refractivity contribution >= 4 is 29.5 Å². The van der Waals surface area contributed by atoms with Crippen LogP contribution in [0.5, 0.6) is 0 Å². The Bertz CT molecular complexity index is 1070. The van der Waals surface area contributed by atoms with E-state index in [1.165, 1.54) is 9.80 Å². The summed E-state index contributed by atoms with van der Waals surface area (Å²) < 4.78 is 0. The van der Waals surface area contributed by atoms with Crippen LogP contribution in [0.25, 0.3) is 0 Å². The highest BCUT2D eigenvalue weighted by Gasteiger charge is 2.37. The maximum absolute atomic E-state index is 12.8. The smallest absolute Gasteiger partial charge is 0.312 e. The number of nitrogens with two attached hydrogens (primary N) is 1. The van der Waals surface area contributed by atoms with Gasteiger partial charge in [-0.3, -0.25) is 24.6 Å². The molecule has 0 spiro atoms. The number of nitrogens with one attached hydrogen (secondary N) is 2. The van der Waals surface area contributed by atoms with E-state index in [-0.39, 0.29) is 37.8 Å². The number of carbonyl (C=O) groups excluding carboxylic acids is 3. The van der Waals surface area contributed by atoms with Crippen LogP contribution in [-0.2, 0) is 14.4 Å². The molecule has 0 saturated carbocycles. The van der Waals surface area contributed by atoms with Crippen LogP contribution in [0.15, 0.2) is 54.6 Å². The number of hydrogen-bond acceptors (Lipinski definition) is 5. The van der Waals surface area contributed by atoms with Gasteiger partial charge in [-0.25, -0.2) is 0 Å². The Kier molecular flexibility index (Phi) is 7.96. The molecule has 1 aliphatic rings. The van der Waals surface area contributed by atoms with Crippen molar-refractivity contribution in [3.05, 3.63) is 71.3 Å². The minimum atomic E-state index is -1.05. The molecule has 1 saturated heterocycles. The van der Waals surface area contributed by atoms with Gasteiger partial charge in [0.05, 0.1) is 12.5 Å². The second kappa shape index (κ2) is 11.1. The Labute approximate surface area is 196 Å². The van der Waals surface area contributed by atoms with Crippen LogP contribution in [0.2, 0.25) is 0 Å². The average molecular weight is 466 g/mol. The van der Waals surface area contributed by atoms with E-state index in [1.54, 1.807) is 54.6 Å². The van der Waals surface area contributed by atoms with Gasteiger partial charge in [-0.1, -0.05) is 42.5 Å². The first kappa shape index (κ1) is 24.4. The summed E-state index contributed by atoms with van der Waals surface area (Å²) in [6.45, 7) is 1.11. The molecular formula is C24H27N5O5. The first-order valence-electron chi connectivity index (χ1n) is 10.9. The number of amidine groups is 1. The predicted molar refractivity (Wildman–Crippen MR) is 124 cm³/mol. The van der Waals surface area contributed by atoms with Crippen LogP contribution in [0.1, 0.15) is 40.4 Å². The standard InChI is InChI=1S/C24H27N5O5/c25-21(26)17-7-9-18(10-8-17)22(32)27-11-4-12-28-13-14-29(24(34)23(28)33)19(15-20(30)31)16-5-2-1-3-6-16/h1-3,5-10,19H,4,11-15H2,(H3,25,26)(H,27,32)(H,30,31). The molecule has 1 atom stereocenters. The fourth-order valence-corrected chi connectivity index (χ4v) is 3.82. The number of hydrogen-bond donors (Lipinski definition) is 4. The van der Waals surface area contributed by atoms with Crippen LogP contribution in [0.3, 0.4) is 0 Å². The molecule has 3 rings (SSSR count). The van der Waals surface area contributed by atoms with Gasteiger partial charge in [-0.05, 0) is 24.1 Å². The number of benzene rings is 2. The molecule has 5 N–H and O–H groups in total. The minimum Gasteiger partial charge on any atom is -0.481 e. The van der Waals surface area contributed by atoms with Crippen molar-refractivity contribution in [1.82, 2.24) is 15.1 Å². The van der Waals surface area contributed by atoms with Crippen LogP contribution in [0, 0.1) is 5.41 Å². The highest BCUT2D eigenvalue weighted by Crippen LogP contribution is 2.26. The lowest BCUT2D eigenvalue weighted by Crippen LogP contribution is -2.55. The van der Waals surface area contributed by atoms with Crippen molar-refractivity contribution in [2.24, 2.45) is 5.73 Å². The lowest BCUT2D eigenvalue weighted by molar-refractivity contribution is -0.159. The molecule has 10 heteroatoms. The molecular weight excluding hydrogens is 438 g/mol. The van der Waals surface area contributed by atoms with Crippen LogP contribution in [0.4, 0.5) is 0 Å². The van der Waals surface area contributed by atoms with E-state index >= 15 is 0 Å². The van der Waals surface area contributed by atoms with E-state index in [2.05, 4.69) is 5.32 Å². The van der Waals surface area contributed by atoms with E-state index in [9.17, 15) is 24.3 Å². The molecule has 0 aliphatic carbocycles. The van der Waals surface area contributed by atoms with Gasteiger partial charge in [0.15, 0.2) is 0 Å². The zero-order chi connectivity index (χ0) is 24.7. The molecule has 0 radical (unpaired) electrons. The topological polar surface area (TPSA) is 157 Å². The second-order valence-electron chi connectivity index (χ2n) is 7.92. The summed E-state index contributed by atoms with van der Waals surface area (Å²) in [7, 11) is 0. The molecule has 2 aromatic carbocycles. The van der Waals surface area contributed by atoms with E-state index in [0.29, 0.717) is 29.7 Å². The Balaban J connectivity index is 1.52. The number of carboxylic acid groups (broad SMARTS) is 1. The molecule has 3 amide bonds. The average Bonchev–Trinajstić information content (AvgIpc) is 2.83. The number of aliphatic carboxylic acids is 1. The SMILES string of the molecule is N=C(N)c1ccc(C(=O)NCCCN2CCN(C(CC(=O)O)c3ccccc3)C(=O)C2=O)cc1. The summed E-state index contributed by atoms with van der Waals surface area (Å²) in [5.74, 6) is -2.83. The number of piperazine rings is 1. The molecule has 1 fully saturated rings. The maximum atomic E-state index is 12.8. The van der Waals surface area contributed by atoms with Gasteiger partial charge >= 0.3 is 17.8 Å². The van der Waals surface area contributed by atoms with E-state index < -0.39 is 23.8 Å². The zero-order valence-electron chi connectivity index (χ0n) is 18.6. The van der Waals surface area contributed by atoms with Crippen molar-refractivity contribution in [3.8, 4) is 0 Å². The fraction of sp³-hybridized carbons (Fsp3) is 0.292. The van der Waals surface area contributed by atoms with Gasteiger partial charge in [0.1, 0.15) is 5.84 Å². The van der Waals surface area contributed by atoms with Crippen molar-refractivity contribution in [1.29, 1.82) is 5.41 Å². The van der Waals surface area contributed by atoms with Crippen molar-refractivity contribution in [3.63, 3.8) is 0 Å². The van der Waals surface area contributed by atoms with Gasteiger partial charge in [-0.2, -0.15) is 0 Å². The number of carbonyl (C=O) groups is 4. The van der Waals surface area contributed by atoms with Gasteiger partial charge in [0.25, 0.3) is 5.91 Å². The third kappa shape index (κ3) is 5.97. The summed E-state index contributed by atoms with van der Waals surface area (Å²) in [5, 5.41) is 19.4. The quantitative estimate of drug-likeness (QED) is 0.177. The molecule has 10 nitrogen and oxygen atoms in total. The Morgan fingerprint density at radius 1 is 1.00 bits per heavy atom. The van der Waals surface area contributed by atoms with Crippen LogP contribution < -0.4 is 11.1 Å². The fourth-order valence-electron chi connectivity index (χ4n) is 3.82. The summed E-state index contributed by atoms with van der Waals surface area (Å²) in [6, 6.07) is 14.4. The minimum absolute atomic E-state index is 0.0793. The third-order valence-corrected chi connectivity index (χ3v) is 5.62. The summed E-state index contributed by atoms with van der Waals surface area (Å²) in [4.78, 5) is 51.8. The van der Waals surface area contributed by atoms with Gasteiger partial charge in [-0.15, -0.1) is 0 Å². The highest BCUT2D eigenvalue weighted by atomic mass is 16.4. The largest absolute Gasteiger partial charge is 0.481 e. The Morgan fingerprint density at radius 2 is 1.65 bits per heavy atom. The van der Waals surface area contributed by atoms with Gasteiger partial charge < -0.3 is 26.0 Å². The van der Waals surface area contributed by atoms with E-state index in [1.807, 2.05) is 0 Å². The molecule has 0 aromatic heterocycles. The summed E-state index contributed by atoms with van der Waals surface area (Å²) in [5.41, 5.74) is 7.02. The van der Waals surface area contributed by atoms with E-state index in [0.717, 1.165) is 0 Å². The molecule has 1 unspecified atom stereocenters. The zero-order valence-corrected chi connectivity index (χ0v) is 18.6. The lowest BCUT2D eigenvalue weighted by atomic mass is 10.0. The first-order chi connectivity index (χ1) is 16.3. The molecule has 2 aromatic rings. The number of amides is 3. The van der Waals surface area contributed by atoms with Crippen LogP contribution in [-0.4, -0.2) is 70.6 Å². The van der Waals surface area contributed by atoms with Crippen LogP contribution >= 0.6 is 0 Å². The second-order valence-corrected chi connectivity index (χ2v) is 7.92. The number of rotatable bonds is 10. The molecule has 178 valence electrons. The predicted octanol–water partition coefficient (Wildman–Crippen LogP) is 0.977. The maximum Gasteiger partial charge on any atom is 0.312 e. The molecule has 34 heavy (non-hydrogen) atoms. The Hall–Kier alpha value is -4.21. The molecule has 1 aliphatic heterocycles. The van der Waals surface area contributed by atoms with Crippen molar-refractivity contribution in [2.45, 2.75) is 18.9 Å². The number of nitrogens with zero attached hydrogens (tertiary/aromatic N) is 2. The first-order valence-corrected chi connectivity index (χ1v) is 10.9. The third-order valence-electron chi connectivity index (χ3n) is 5.62. The Morgan fingerprint density at radius 3 is 2.26 bits per heavy atom. The number of carboxylic acids is 1. The monoisotopic (exact) mass is 465 g/mol. The van der Waals surface area contributed by atoms with Gasteiger partial charge in [0.2, 0.25) is 0 Å².